The van der Waals surface area contributed by atoms with Crippen molar-refractivity contribution in [1.29, 1.82) is 0 Å². The highest BCUT2D eigenvalue weighted by molar-refractivity contribution is 5.84. The molecule has 0 aliphatic rings. The smallest absolute Gasteiger partial charge is 0.239 e. The number of nitrogens with zero attached hydrogens (tertiary/aromatic N) is 1. The second-order valence-corrected chi connectivity index (χ2v) is 4.45. The molecule has 0 bridgehead atoms. The molecule has 6 heteroatoms. The van der Waals surface area contributed by atoms with Crippen molar-refractivity contribution >= 4 is 11.8 Å². The number of carbonyl (C=O) groups is 2. The number of likely N-dealkylation sites (N-methyl/N-ethyl adjacent to an activating group) is 1. The number of hydrogen-bond donors (Lipinski definition) is 2. The standard InChI is InChI=1S/C12H25N3O3/c1-10(2)13-6-5-12(17)15(3)9-11(16)14-7-8-18-4/h10,13H,5-9H2,1-4H3,(H,14,16). The van der Waals surface area contributed by atoms with Crippen LogP contribution in [0.2, 0.25) is 0 Å². The lowest BCUT2D eigenvalue weighted by Gasteiger charge is -2.17. The van der Waals surface area contributed by atoms with Crippen molar-refractivity contribution in [3.05, 3.63) is 0 Å². The monoisotopic (exact) mass is 259 g/mol. The summed E-state index contributed by atoms with van der Waals surface area (Å²) in [6, 6.07) is 0.362. The third-order valence-corrected chi connectivity index (χ3v) is 2.33. The summed E-state index contributed by atoms with van der Waals surface area (Å²) in [7, 11) is 3.21. The highest BCUT2D eigenvalue weighted by Gasteiger charge is 2.12. The van der Waals surface area contributed by atoms with Crippen LogP contribution in [0.3, 0.4) is 0 Å². The molecule has 0 rings (SSSR count). The molecule has 0 aromatic carbocycles. The summed E-state index contributed by atoms with van der Waals surface area (Å²) in [6.07, 6.45) is 0.403. The van der Waals surface area contributed by atoms with Crippen LogP contribution in [0, 0.1) is 0 Å². The topological polar surface area (TPSA) is 70.7 Å². The fourth-order valence-corrected chi connectivity index (χ4v) is 1.31. The van der Waals surface area contributed by atoms with E-state index in [9.17, 15) is 9.59 Å². The van der Waals surface area contributed by atoms with E-state index in [1.807, 2.05) is 13.8 Å². The SMILES string of the molecule is COCCNC(=O)CN(C)C(=O)CCNC(C)C. The summed E-state index contributed by atoms with van der Waals surface area (Å²) in [5.41, 5.74) is 0. The molecule has 0 aliphatic heterocycles. The summed E-state index contributed by atoms with van der Waals surface area (Å²) in [5, 5.41) is 5.83. The van der Waals surface area contributed by atoms with Crippen molar-refractivity contribution in [3.8, 4) is 0 Å². The zero-order valence-electron chi connectivity index (χ0n) is 11.8. The Morgan fingerprint density at radius 1 is 1.28 bits per heavy atom. The molecule has 6 nitrogen and oxygen atoms in total. The van der Waals surface area contributed by atoms with Crippen molar-refractivity contribution in [2.24, 2.45) is 0 Å². The predicted octanol–water partition coefficient (Wildman–Crippen LogP) is -0.404. The van der Waals surface area contributed by atoms with E-state index in [1.54, 1.807) is 14.2 Å². The van der Waals surface area contributed by atoms with Crippen molar-refractivity contribution in [1.82, 2.24) is 15.5 Å². The lowest BCUT2D eigenvalue weighted by Crippen LogP contribution is -2.40. The molecule has 2 amide bonds. The van der Waals surface area contributed by atoms with Gasteiger partial charge in [0.2, 0.25) is 11.8 Å². The van der Waals surface area contributed by atoms with Gasteiger partial charge >= 0.3 is 0 Å². The van der Waals surface area contributed by atoms with Gasteiger partial charge in [0.15, 0.2) is 0 Å². The van der Waals surface area contributed by atoms with Gasteiger partial charge in [-0.25, -0.2) is 0 Å². The van der Waals surface area contributed by atoms with Gasteiger partial charge in [0.05, 0.1) is 13.2 Å². The Labute approximate surface area is 109 Å². The first-order valence-corrected chi connectivity index (χ1v) is 6.20. The molecule has 106 valence electrons. The Kier molecular flexibility index (Phi) is 9.22. The lowest BCUT2D eigenvalue weighted by atomic mass is 10.3. The van der Waals surface area contributed by atoms with Crippen molar-refractivity contribution < 1.29 is 14.3 Å². The van der Waals surface area contributed by atoms with Gasteiger partial charge in [0.1, 0.15) is 0 Å². The van der Waals surface area contributed by atoms with E-state index in [0.29, 0.717) is 32.2 Å². The molecule has 0 aromatic heterocycles. The fraction of sp³-hybridized carbons (Fsp3) is 0.833. The molecule has 0 fully saturated rings. The summed E-state index contributed by atoms with van der Waals surface area (Å²) < 4.78 is 4.82. The second kappa shape index (κ2) is 9.85. The Balaban J connectivity index is 3.75. The van der Waals surface area contributed by atoms with Gasteiger partial charge in [-0.05, 0) is 0 Å². The number of amides is 2. The molecule has 0 saturated carbocycles. The van der Waals surface area contributed by atoms with Crippen LogP contribution < -0.4 is 10.6 Å². The number of nitrogens with one attached hydrogen (secondary N) is 2. The van der Waals surface area contributed by atoms with Crippen LogP contribution in [0.15, 0.2) is 0 Å². The van der Waals surface area contributed by atoms with Crippen LogP contribution >= 0.6 is 0 Å². The first kappa shape index (κ1) is 16.9. The molecule has 0 aromatic rings. The van der Waals surface area contributed by atoms with E-state index in [-0.39, 0.29) is 18.4 Å². The predicted molar refractivity (Wildman–Crippen MR) is 70.3 cm³/mol. The summed E-state index contributed by atoms with van der Waals surface area (Å²) in [5.74, 6) is -0.204. The molecule has 0 atom stereocenters. The van der Waals surface area contributed by atoms with E-state index in [1.165, 1.54) is 4.90 Å². The first-order chi connectivity index (χ1) is 8.47. The summed E-state index contributed by atoms with van der Waals surface area (Å²) in [4.78, 5) is 24.5. The molecule has 0 unspecified atom stereocenters. The molecule has 0 aliphatic carbocycles. The first-order valence-electron chi connectivity index (χ1n) is 6.20. The van der Waals surface area contributed by atoms with Crippen molar-refractivity contribution in [2.75, 3.05) is 40.4 Å². The van der Waals surface area contributed by atoms with Gasteiger partial charge in [-0.3, -0.25) is 9.59 Å². The van der Waals surface area contributed by atoms with Gasteiger partial charge in [0, 0.05) is 39.7 Å². The van der Waals surface area contributed by atoms with E-state index in [2.05, 4.69) is 10.6 Å². The minimum Gasteiger partial charge on any atom is -0.383 e. The van der Waals surface area contributed by atoms with E-state index in [4.69, 9.17) is 4.74 Å². The fourth-order valence-electron chi connectivity index (χ4n) is 1.31. The van der Waals surface area contributed by atoms with Crippen LogP contribution in [0.25, 0.3) is 0 Å². The average molecular weight is 259 g/mol. The van der Waals surface area contributed by atoms with Crippen LogP contribution in [0.1, 0.15) is 20.3 Å². The van der Waals surface area contributed by atoms with Crippen LogP contribution in [0.5, 0.6) is 0 Å². The zero-order valence-corrected chi connectivity index (χ0v) is 11.8. The van der Waals surface area contributed by atoms with Gasteiger partial charge < -0.3 is 20.3 Å². The Morgan fingerprint density at radius 3 is 2.50 bits per heavy atom. The third-order valence-electron chi connectivity index (χ3n) is 2.33. The van der Waals surface area contributed by atoms with Gasteiger partial charge in [0.25, 0.3) is 0 Å². The minimum absolute atomic E-state index is 0.0370. The Hall–Kier alpha value is -1.14. The van der Waals surface area contributed by atoms with E-state index < -0.39 is 0 Å². The molecule has 0 saturated heterocycles. The van der Waals surface area contributed by atoms with Crippen molar-refractivity contribution in [2.45, 2.75) is 26.3 Å². The molecule has 0 heterocycles. The largest absolute Gasteiger partial charge is 0.383 e. The van der Waals surface area contributed by atoms with Gasteiger partial charge in [-0.2, -0.15) is 0 Å². The summed E-state index contributed by atoms with van der Waals surface area (Å²) >= 11 is 0. The molecular formula is C12H25N3O3. The maximum atomic E-state index is 11.7. The van der Waals surface area contributed by atoms with E-state index >= 15 is 0 Å². The molecule has 18 heavy (non-hydrogen) atoms. The Bertz CT molecular complexity index is 257. The van der Waals surface area contributed by atoms with Gasteiger partial charge in [-0.1, -0.05) is 13.8 Å². The van der Waals surface area contributed by atoms with Crippen LogP contribution in [0.4, 0.5) is 0 Å². The quantitative estimate of drug-likeness (QED) is 0.553. The third kappa shape index (κ3) is 8.95. The number of carbonyl (C=O) groups excluding carboxylic acids is 2. The van der Waals surface area contributed by atoms with Gasteiger partial charge in [-0.15, -0.1) is 0 Å². The highest BCUT2D eigenvalue weighted by atomic mass is 16.5. The minimum atomic E-state index is -0.167. The lowest BCUT2D eigenvalue weighted by molar-refractivity contribution is -0.134. The van der Waals surface area contributed by atoms with Crippen LogP contribution in [-0.4, -0.2) is 63.2 Å². The number of hydrogen-bond acceptors (Lipinski definition) is 4. The number of ether oxygens (including phenoxy) is 1. The Morgan fingerprint density at radius 2 is 1.94 bits per heavy atom. The van der Waals surface area contributed by atoms with Crippen molar-refractivity contribution in [3.63, 3.8) is 0 Å². The molecule has 0 radical (unpaired) electrons. The van der Waals surface area contributed by atoms with Crippen LogP contribution in [-0.2, 0) is 14.3 Å². The average Bonchev–Trinajstić information content (AvgIpc) is 2.28. The molecule has 0 spiro atoms. The van der Waals surface area contributed by atoms with E-state index in [0.717, 1.165) is 0 Å². The number of methoxy groups -OCH3 is 1. The second-order valence-electron chi connectivity index (χ2n) is 4.45. The molecule has 2 N–H and O–H groups in total. The molecular weight excluding hydrogens is 234 g/mol. The number of rotatable bonds is 9. The maximum absolute atomic E-state index is 11.7. The maximum Gasteiger partial charge on any atom is 0.239 e. The normalized spacial score (nSPS) is 10.5. The highest BCUT2D eigenvalue weighted by Crippen LogP contribution is 1.90. The summed E-state index contributed by atoms with van der Waals surface area (Å²) in [6.45, 7) is 5.71. The zero-order chi connectivity index (χ0) is 14.0.